The van der Waals surface area contributed by atoms with Crippen LogP contribution in [-0.2, 0) is 4.79 Å². The zero-order valence-electron chi connectivity index (χ0n) is 11.4. The van der Waals surface area contributed by atoms with Crippen molar-refractivity contribution in [2.75, 3.05) is 0 Å². The first kappa shape index (κ1) is 15.4. The van der Waals surface area contributed by atoms with Crippen molar-refractivity contribution < 1.29 is 4.79 Å². The number of halogens is 2. The van der Waals surface area contributed by atoms with Gasteiger partial charge in [-0.25, -0.2) is 0 Å². The Balaban J connectivity index is 2.25. The van der Waals surface area contributed by atoms with E-state index in [9.17, 15) is 10.1 Å². The summed E-state index contributed by atoms with van der Waals surface area (Å²) >= 11 is 12.2. The molecule has 0 bridgehead atoms. The van der Waals surface area contributed by atoms with Crippen molar-refractivity contribution in [3.8, 4) is 6.07 Å². The molecule has 20 heavy (non-hydrogen) atoms. The Labute approximate surface area is 129 Å². The maximum Gasteiger partial charge on any atom is 0.157 e. The molecule has 1 unspecified atom stereocenters. The summed E-state index contributed by atoms with van der Waals surface area (Å²) in [6.07, 6.45) is 3.82. The van der Waals surface area contributed by atoms with E-state index in [-0.39, 0.29) is 11.7 Å². The van der Waals surface area contributed by atoms with E-state index >= 15 is 0 Å². The van der Waals surface area contributed by atoms with Gasteiger partial charge in [-0.2, -0.15) is 5.26 Å². The molecule has 1 aliphatic rings. The molecule has 0 spiro atoms. The molecule has 0 amide bonds. The van der Waals surface area contributed by atoms with E-state index in [1.165, 1.54) is 0 Å². The molecule has 2 nitrogen and oxygen atoms in total. The Morgan fingerprint density at radius 3 is 2.30 bits per heavy atom. The molecule has 106 valence electrons. The molecular formula is C16H17Cl2NO. The summed E-state index contributed by atoms with van der Waals surface area (Å²) in [6.45, 7) is 2.20. The molecule has 0 heterocycles. The Hall–Kier alpha value is -1.04. The average Bonchev–Trinajstić information content (AvgIpc) is 2.43. The highest BCUT2D eigenvalue weighted by Crippen LogP contribution is 2.37. The largest absolute Gasteiger partial charge is 0.298 e. The highest BCUT2D eigenvalue weighted by molar-refractivity contribution is 6.36. The maximum atomic E-state index is 12.6. The second-order valence-electron chi connectivity index (χ2n) is 5.56. The van der Waals surface area contributed by atoms with E-state index in [1.807, 2.05) is 0 Å². The Morgan fingerprint density at radius 2 is 1.80 bits per heavy atom. The highest BCUT2D eigenvalue weighted by Gasteiger charge is 2.32. The molecule has 1 aromatic carbocycles. The van der Waals surface area contributed by atoms with Gasteiger partial charge in [0.05, 0.1) is 6.07 Å². The topological polar surface area (TPSA) is 40.9 Å². The van der Waals surface area contributed by atoms with E-state index in [0.717, 1.165) is 25.7 Å². The molecule has 1 aliphatic carbocycles. The van der Waals surface area contributed by atoms with Crippen molar-refractivity contribution in [2.24, 2.45) is 11.8 Å². The number of hydrogen-bond donors (Lipinski definition) is 0. The predicted molar refractivity (Wildman–Crippen MR) is 80.9 cm³/mol. The number of rotatable bonds is 3. The number of nitriles is 1. The molecule has 1 atom stereocenters. The number of Topliss-reactive ketones (excluding diaryl/α,β-unsaturated/α-hetero) is 1. The molecule has 0 N–H and O–H groups in total. The van der Waals surface area contributed by atoms with Crippen LogP contribution in [0.1, 0.15) is 44.1 Å². The van der Waals surface area contributed by atoms with Gasteiger partial charge in [0.15, 0.2) is 5.78 Å². The number of carbonyl (C=O) groups is 1. The SMILES string of the molecule is CC1CCC(C(=O)C(C#N)c2c(Cl)cccc2Cl)CC1. The first-order valence-corrected chi connectivity index (χ1v) is 7.67. The zero-order chi connectivity index (χ0) is 14.7. The smallest absolute Gasteiger partial charge is 0.157 e. The van der Waals surface area contributed by atoms with Gasteiger partial charge in [-0.1, -0.05) is 49.0 Å². The van der Waals surface area contributed by atoms with Gasteiger partial charge in [-0.05, 0) is 30.9 Å². The standard InChI is InChI=1S/C16H17Cl2NO/c1-10-5-7-11(8-6-10)16(20)12(9-19)15-13(17)3-2-4-14(15)18/h2-4,10-12H,5-8H2,1H3. The molecule has 0 saturated heterocycles. The summed E-state index contributed by atoms with van der Waals surface area (Å²) in [6, 6.07) is 7.15. The molecule has 4 heteroatoms. The molecule has 0 radical (unpaired) electrons. The van der Waals surface area contributed by atoms with Crippen molar-refractivity contribution >= 4 is 29.0 Å². The lowest BCUT2D eigenvalue weighted by Crippen LogP contribution is -2.25. The fourth-order valence-corrected chi connectivity index (χ4v) is 3.45. The van der Waals surface area contributed by atoms with Gasteiger partial charge in [0, 0.05) is 21.5 Å². The third-order valence-electron chi connectivity index (χ3n) is 4.12. The highest BCUT2D eigenvalue weighted by atomic mass is 35.5. The van der Waals surface area contributed by atoms with Gasteiger partial charge in [0.1, 0.15) is 5.92 Å². The van der Waals surface area contributed by atoms with E-state index in [1.54, 1.807) is 18.2 Å². The van der Waals surface area contributed by atoms with Crippen LogP contribution in [0.25, 0.3) is 0 Å². The van der Waals surface area contributed by atoms with E-state index in [4.69, 9.17) is 23.2 Å². The minimum absolute atomic E-state index is 0.0330. The van der Waals surface area contributed by atoms with Crippen molar-refractivity contribution in [3.63, 3.8) is 0 Å². The summed E-state index contributed by atoms with van der Waals surface area (Å²) in [4.78, 5) is 12.6. The quantitative estimate of drug-likeness (QED) is 0.788. The molecule has 0 aliphatic heterocycles. The second-order valence-corrected chi connectivity index (χ2v) is 6.37. The van der Waals surface area contributed by atoms with E-state index in [0.29, 0.717) is 21.5 Å². The molecule has 1 fully saturated rings. The van der Waals surface area contributed by atoms with Crippen molar-refractivity contribution in [1.82, 2.24) is 0 Å². The number of carbonyl (C=O) groups excluding carboxylic acids is 1. The van der Waals surface area contributed by atoms with Crippen molar-refractivity contribution in [2.45, 2.75) is 38.5 Å². The summed E-state index contributed by atoms with van der Waals surface area (Å²) in [7, 11) is 0. The number of ketones is 1. The van der Waals surface area contributed by atoms with Crippen LogP contribution >= 0.6 is 23.2 Å². The van der Waals surface area contributed by atoms with Crippen LogP contribution in [0, 0.1) is 23.2 Å². The number of benzene rings is 1. The Morgan fingerprint density at radius 1 is 1.25 bits per heavy atom. The van der Waals surface area contributed by atoms with Crippen LogP contribution in [-0.4, -0.2) is 5.78 Å². The van der Waals surface area contributed by atoms with Gasteiger partial charge >= 0.3 is 0 Å². The predicted octanol–water partition coefficient (Wildman–Crippen LogP) is 5.00. The third-order valence-corrected chi connectivity index (χ3v) is 4.78. The molecular weight excluding hydrogens is 293 g/mol. The van der Waals surface area contributed by atoms with Crippen molar-refractivity contribution in [3.05, 3.63) is 33.8 Å². The van der Waals surface area contributed by atoms with Gasteiger partial charge in [-0.3, -0.25) is 4.79 Å². The van der Waals surface area contributed by atoms with Crippen LogP contribution in [0.2, 0.25) is 10.0 Å². The van der Waals surface area contributed by atoms with Gasteiger partial charge in [0.2, 0.25) is 0 Å². The van der Waals surface area contributed by atoms with Crippen molar-refractivity contribution in [1.29, 1.82) is 5.26 Å². The van der Waals surface area contributed by atoms with Crippen LogP contribution in [0.4, 0.5) is 0 Å². The Kier molecular flexibility index (Phi) is 5.07. The molecule has 1 aromatic rings. The summed E-state index contributed by atoms with van der Waals surface area (Å²) in [5.74, 6) is -0.254. The van der Waals surface area contributed by atoms with E-state index in [2.05, 4.69) is 13.0 Å². The lowest BCUT2D eigenvalue weighted by Gasteiger charge is -2.26. The zero-order valence-corrected chi connectivity index (χ0v) is 12.9. The maximum absolute atomic E-state index is 12.6. The number of nitrogens with zero attached hydrogens (tertiary/aromatic N) is 1. The normalized spacial score (nSPS) is 23.9. The van der Waals surface area contributed by atoms with Crippen LogP contribution in [0.3, 0.4) is 0 Å². The molecule has 2 rings (SSSR count). The average molecular weight is 310 g/mol. The van der Waals surface area contributed by atoms with Crippen LogP contribution in [0.5, 0.6) is 0 Å². The van der Waals surface area contributed by atoms with E-state index < -0.39 is 5.92 Å². The third kappa shape index (κ3) is 3.16. The minimum atomic E-state index is -0.852. The first-order valence-electron chi connectivity index (χ1n) is 6.91. The fraction of sp³-hybridized carbons (Fsp3) is 0.500. The first-order chi connectivity index (χ1) is 9.54. The lowest BCUT2D eigenvalue weighted by atomic mass is 9.77. The Bertz CT molecular complexity index is 522. The second kappa shape index (κ2) is 6.61. The lowest BCUT2D eigenvalue weighted by molar-refractivity contribution is -0.124. The van der Waals surface area contributed by atoms with Crippen LogP contribution in [0.15, 0.2) is 18.2 Å². The van der Waals surface area contributed by atoms with Gasteiger partial charge in [0.25, 0.3) is 0 Å². The fourth-order valence-electron chi connectivity index (χ4n) is 2.84. The monoisotopic (exact) mass is 309 g/mol. The van der Waals surface area contributed by atoms with Crippen LogP contribution < -0.4 is 0 Å². The molecule has 1 saturated carbocycles. The number of hydrogen-bond acceptors (Lipinski definition) is 2. The van der Waals surface area contributed by atoms with Gasteiger partial charge < -0.3 is 0 Å². The van der Waals surface area contributed by atoms with Gasteiger partial charge in [-0.15, -0.1) is 0 Å². The summed E-state index contributed by atoms with van der Waals surface area (Å²) in [5.41, 5.74) is 0.460. The molecule has 0 aromatic heterocycles. The minimum Gasteiger partial charge on any atom is -0.298 e. The summed E-state index contributed by atoms with van der Waals surface area (Å²) < 4.78 is 0. The summed E-state index contributed by atoms with van der Waals surface area (Å²) in [5, 5.41) is 10.2.